The second-order valence-corrected chi connectivity index (χ2v) is 16.3. The molecule has 6 aromatic heterocycles. The molecule has 0 bridgehead atoms. The zero-order chi connectivity index (χ0) is 27.1. The van der Waals surface area contributed by atoms with E-state index < -0.39 is 0 Å². The Bertz CT molecular complexity index is 1740. The molecular weight excluding hydrogens is 589 g/mol. The Morgan fingerprint density at radius 2 is 1.10 bits per heavy atom. The molecule has 0 N–H and O–H groups in total. The van der Waals surface area contributed by atoms with Crippen molar-refractivity contribution >= 4 is 88.2 Å². The van der Waals surface area contributed by atoms with Crippen LogP contribution < -0.4 is 0 Å². The summed E-state index contributed by atoms with van der Waals surface area (Å²) in [5.41, 5.74) is 2.81. The van der Waals surface area contributed by atoms with E-state index in [1.165, 1.54) is 76.7 Å². The Morgan fingerprint density at radius 1 is 0.590 bits per heavy atom. The van der Waals surface area contributed by atoms with Gasteiger partial charge in [-0.15, -0.1) is 68.0 Å². The largest absolute Gasteiger partial charge is 0.144 e. The van der Waals surface area contributed by atoms with Gasteiger partial charge in [-0.25, -0.2) is 0 Å². The van der Waals surface area contributed by atoms with Gasteiger partial charge in [-0.1, -0.05) is 46.2 Å². The van der Waals surface area contributed by atoms with Crippen LogP contribution in [0.25, 0.3) is 60.6 Å². The molecule has 7 aromatic rings. The molecule has 1 aromatic carbocycles. The van der Waals surface area contributed by atoms with Crippen molar-refractivity contribution in [3.05, 3.63) is 81.2 Å². The van der Waals surface area contributed by atoms with E-state index in [2.05, 4.69) is 106 Å². The first kappa shape index (κ1) is 27.1. The minimum Gasteiger partial charge on any atom is -0.144 e. The molecule has 0 fully saturated rings. The topological polar surface area (TPSA) is 0 Å². The molecule has 0 saturated carbocycles. The summed E-state index contributed by atoms with van der Waals surface area (Å²) >= 11 is 11.5. The highest BCUT2D eigenvalue weighted by Crippen LogP contribution is 2.54. The summed E-state index contributed by atoms with van der Waals surface area (Å²) in [6.07, 6.45) is 1.25. The van der Waals surface area contributed by atoms with Gasteiger partial charge >= 0.3 is 0 Å². The minimum absolute atomic E-state index is 0.561. The van der Waals surface area contributed by atoms with Crippen LogP contribution >= 0.6 is 68.0 Å². The Balaban J connectivity index is 0.000000883. The molecule has 0 aliphatic carbocycles. The van der Waals surface area contributed by atoms with Crippen LogP contribution in [0.2, 0.25) is 0 Å². The first-order valence-corrected chi connectivity index (χ1v) is 18.3. The van der Waals surface area contributed by atoms with Gasteiger partial charge in [0.25, 0.3) is 0 Å². The van der Waals surface area contributed by atoms with E-state index in [0.29, 0.717) is 5.92 Å². The van der Waals surface area contributed by atoms with Gasteiger partial charge in [0.1, 0.15) is 0 Å². The van der Waals surface area contributed by atoms with Gasteiger partial charge < -0.3 is 0 Å². The molecule has 6 heterocycles. The maximum absolute atomic E-state index is 2.47. The van der Waals surface area contributed by atoms with Crippen molar-refractivity contribution in [1.29, 1.82) is 0 Å². The highest BCUT2D eigenvalue weighted by molar-refractivity contribution is 7.29. The number of hydrogen-bond acceptors (Lipinski definition) is 6. The Labute approximate surface area is 254 Å². The van der Waals surface area contributed by atoms with Crippen molar-refractivity contribution in [2.24, 2.45) is 0 Å². The summed E-state index contributed by atoms with van der Waals surface area (Å²) in [5, 5.41) is 7.20. The van der Waals surface area contributed by atoms with Crippen molar-refractivity contribution in [3.8, 4) is 40.4 Å². The van der Waals surface area contributed by atoms with Crippen LogP contribution in [0.3, 0.4) is 0 Å². The van der Waals surface area contributed by atoms with Gasteiger partial charge in [0, 0.05) is 70.3 Å². The van der Waals surface area contributed by atoms with E-state index in [-0.39, 0.29) is 0 Å². The van der Waals surface area contributed by atoms with Crippen molar-refractivity contribution in [2.75, 3.05) is 0 Å². The number of thiophene rings is 6. The van der Waals surface area contributed by atoms with E-state index in [4.69, 9.17) is 0 Å². The lowest BCUT2D eigenvalue weighted by atomic mass is 9.99. The lowest BCUT2D eigenvalue weighted by molar-refractivity contribution is 0.890. The number of benzene rings is 1. The fourth-order valence-corrected chi connectivity index (χ4v) is 10.9. The lowest BCUT2D eigenvalue weighted by Gasteiger charge is -2.09. The molecule has 0 spiro atoms. The maximum atomic E-state index is 2.47. The molecule has 0 aliphatic heterocycles. The fraction of sp³-hybridized carbons (Fsp3) is 0.212. The molecule has 0 amide bonds. The predicted molar refractivity (Wildman–Crippen MR) is 185 cm³/mol. The smallest absolute Gasteiger partial charge is 0.0455 e. The summed E-state index contributed by atoms with van der Waals surface area (Å²) in [6, 6.07) is 23.0. The van der Waals surface area contributed by atoms with Crippen LogP contribution in [0.15, 0.2) is 71.4 Å². The molecule has 0 atom stereocenters. The first-order chi connectivity index (χ1) is 19.0. The zero-order valence-corrected chi connectivity index (χ0v) is 27.6. The van der Waals surface area contributed by atoms with E-state index in [1.807, 2.05) is 68.0 Å². The van der Waals surface area contributed by atoms with Crippen molar-refractivity contribution < 1.29 is 0 Å². The molecule has 39 heavy (non-hydrogen) atoms. The molecular formula is C33H30S6. The van der Waals surface area contributed by atoms with Gasteiger partial charge in [0.15, 0.2) is 0 Å². The third kappa shape index (κ3) is 5.12. The van der Waals surface area contributed by atoms with Crippen molar-refractivity contribution in [2.45, 2.75) is 47.0 Å². The average Bonchev–Trinajstić information content (AvgIpc) is 3.75. The molecule has 7 rings (SSSR count). The minimum atomic E-state index is 0.561. The predicted octanol–water partition coefficient (Wildman–Crippen LogP) is 13.9. The molecule has 198 valence electrons. The third-order valence-corrected chi connectivity index (χ3v) is 13.3. The van der Waals surface area contributed by atoms with Crippen LogP contribution in [0.1, 0.15) is 49.8 Å². The fourth-order valence-electron chi connectivity index (χ4n) is 4.71. The summed E-state index contributed by atoms with van der Waals surface area (Å²) in [4.78, 5) is 11.0. The number of rotatable bonds is 5. The van der Waals surface area contributed by atoms with Crippen molar-refractivity contribution in [3.63, 3.8) is 0 Å². The van der Waals surface area contributed by atoms with Crippen LogP contribution in [-0.4, -0.2) is 0 Å². The normalized spacial score (nSPS) is 11.5. The summed E-state index contributed by atoms with van der Waals surface area (Å²) < 4.78 is 2.82. The quantitative estimate of drug-likeness (QED) is 0.180. The Morgan fingerprint density at radius 3 is 1.51 bits per heavy atom. The SMILES string of the molecule is CCC.Cc1ccc(-c2cc3c(-c4cccs4)c4sc(-c5ccc(C(C)C)s5)cc4c(-c4cccs4)c3s2)s1. The van der Waals surface area contributed by atoms with Crippen LogP contribution in [-0.2, 0) is 0 Å². The third-order valence-electron chi connectivity index (χ3n) is 6.41. The second kappa shape index (κ2) is 11.4. The highest BCUT2D eigenvalue weighted by atomic mass is 32.1. The molecule has 6 heteroatoms. The van der Waals surface area contributed by atoms with Crippen molar-refractivity contribution in [1.82, 2.24) is 0 Å². The Kier molecular flexibility index (Phi) is 7.95. The van der Waals surface area contributed by atoms with Gasteiger partial charge in [-0.2, -0.15) is 0 Å². The van der Waals surface area contributed by atoms with Gasteiger partial charge in [0.05, 0.1) is 0 Å². The monoisotopic (exact) mass is 618 g/mol. The molecule has 0 nitrogen and oxygen atoms in total. The van der Waals surface area contributed by atoms with Crippen LogP contribution in [0.5, 0.6) is 0 Å². The number of hydrogen-bond donors (Lipinski definition) is 0. The second-order valence-electron chi connectivity index (χ2n) is 9.89. The molecule has 0 unspecified atom stereocenters. The van der Waals surface area contributed by atoms with Crippen LogP contribution in [0, 0.1) is 6.92 Å². The summed E-state index contributed by atoms with van der Waals surface area (Å²) in [7, 11) is 0. The molecule has 0 radical (unpaired) electrons. The standard InChI is InChI=1S/C30H22S6.C3H8/c1-16(2)20-10-11-22(34-20)26-15-19-28(24-7-5-13-32-24)29-18(14-25(35-29)21-9-8-17(3)33-21)27(30(19)36-26)23-6-4-12-31-23;1-3-2/h4-16H,1-3H3;3H2,1-2H3. The number of aryl methyl sites for hydroxylation is 1. The summed E-state index contributed by atoms with van der Waals surface area (Å²) in [5.74, 6) is 0.561. The average molecular weight is 619 g/mol. The van der Waals surface area contributed by atoms with E-state index >= 15 is 0 Å². The van der Waals surface area contributed by atoms with E-state index in [1.54, 1.807) is 0 Å². The van der Waals surface area contributed by atoms with Gasteiger partial charge in [-0.3, -0.25) is 0 Å². The number of fused-ring (bicyclic) bond motifs is 2. The molecule has 0 aliphatic rings. The molecule has 0 saturated heterocycles. The van der Waals surface area contributed by atoms with E-state index in [0.717, 1.165) is 0 Å². The highest BCUT2D eigenvalue weighted by Gasteiger charge is 2.23. The van der Waals surface area contributed by atoms with Gasteiger partial charge in [0.2, 0.25) is 0 Å². The Hall–Kier alpha value is -2.06. The lowest BCUT2D eigenvalue weighted by Crippen LogP contribution is -1.81. The first-order valence-electron chi connectivity index (χ1n) is 13.3. The van der Waals surface area contributed by atoms with E-state index in [9.17, 15) is 0 Å². The zero-order valence-electron chi connectivity index (χ0n) is 22.7. The maximum Gasteiger partial charge on any atom is 0.0455 e. The summed E-state index contributed by atoms with van der Waals surface area (Å²) in [6.45, 7) is 11.0. The van der Waals surface area contributed by atoms with Crippen LogP contribution in [0.4, 0.5) is 0 Å². The van der Waals surface area contributed by atoms with Gasteiger partial charge in [-0.05, 0) is 72.1 Å².